The number of hydrogen-bond acceptors (Lipinski definition) is 5. The molecule has 1 heterocycles. The summed E-state index contributed by atoms with van der Waals surface area (Å²) in [5.74, 6) is 1.28. The Kier molecular flexibility index (Phi) is 5.15. The SMILES string of the molecule is COc1cc(/C(C)=N/O)ccc1OCCc1ccncc1. The molecule has 1 aromatic carbocycles. The molecule has 0 atom stereocenters. The summed E-state index contributed by atoms with van der Waals surface area (Å²) in [5, 5.41) is 12.0. The molecule has 110 valence electrons. The van der Waals surface area contributed by atoms with E-state index < -0.39 is 0 Å². The third-order valence-corrected chi connectivity index (χ3v) is 3.13. The van der Waals surface area contributed by atoms with Gasteiger partial charge in [-0.3, -0.25) is 4.98 Å². The van der Waals surface area contributed by atoms with Crippen LogP contribution in [0.3, 0.4) is 0 Å². The third kappa shape index (κ3) is 3.95. The Bertz CT molecular complexity index is 612. The highest BCUT2D eigenvalue weighted by atomic mass is 16.5. The first-order valence-electron chi connectivity index (χ1n) is 6.63. The standard InChI is InChI=1S/C16H18N2O3/c1-12(18-19)14-3-4-15(16(11-14)20-2)21-10-7-13-5-8-17-9-6-13/h3-6,8-9,11,19H,7,10H2,1-2H3/b18-12+. The Balaban J connectivity index is 2.03. The van der Waals surface area contributed by atoms with Crippen molar-refractivity contribution in [2.45, 2.75) is 13.3 Å². The summed E-state index contributed by atoms with van der Waals surface area (Å²) in [6, 6.07) is 9.36. The Labute approximate surface area is 123 Å². The Morgan fingerprint density at radius 1 is 1.19 bits per heavy atom. The smallest absolute Gasteiger partial charge is 0.161 e. The van der Waals surface area contributed by atoms with Gasteiger partial charge in [-0.15, -0.1) is 0 Å². The zero-order chi connectivity index (χ0) is 15.1. The van der Waals surface area contributed by atoms with Crippen molar-refractivity contribution < 1.29 is 14.7 Å². The molecule has 0 radical (unpaired) electrons. The molecule has 0 aliphatic carbocycles. The van der Waals surface area contributed by atoms with Crippen LogP contribution in [0.15, 0.2) is 47.9 Å². The van der Waals surface area contributed by atoms with Gasteiger partial charge in [-0.1, -0.05) is 5.16 Å². The summed E-state index contributed by atoms with van der Waals surface area (Å²) < 4.78 is 11.1. The number of oxime groups is 1. The molecule has 0 aliphatic rings. The van der Waals surface area contributed by atoms with Crippen LogP contribution >= 0.6 is 0 Å². The molecule has 0 bridgehead atoms. The van der Waals surface area contributed by atoms with E-state index >= 15 is 0 Å². The normalized spacial score (nSPS) is 11.2. The van der Waals surface area contributed by atoms with Gasteiger partial charge in [0, 0.05) is 24.4 Å². The number of aromatic nitrogens is 1. The predicted molar refractivity (Wildman–Crippen MR) is 80.4 cm³/mol. The lowest BCUT2D eigenvalue weighted by molar-refractivity contribution is 0.297. The number of pyridine rings is 1. The lowest BCUT2D eigenvalue weighted by Gasteiger charge is -2.12. The first-order valence-corrected chi connectivity index (χ1v) is 6.63. The van der Waals surface area contributed by atoms with E-state index in [-0.39, 0.29) is 0 Å². The van der Waals surface area contributed by atoms with Gasteiger partial charge in [0.2, 0.25) is 0 Å². The van der Waals surface area contributed by atoms with Crippen molar-refractivity contribution in [1.82, 2.24) is 4.98 Å². The van der Waals surface area contributed by atoms with Crippen LogP contribution in [0.5, 0.6) is 11.5 Å². The number of hydrogen-bond donors (Lipinski definition) is 1. The van der Waals surface area contributed by atoms with Gasteiger partial charge in [0.25, 0.3) is 0 Å². The molecular weight excluding hydrogens is 268 g/mol. The fourth-order valence-corrected chi connectivity index (χ4v) is 1.90. The van der Waals surface area contributed by atoms with E-state index in [1.165, 1.54) is 5.56 Å². The fraction of sp³-hybridized carbons (Fsp3) is 0.250. The second-order valence-corrected chi connectivity index (χ2v) is 4.50. The van der Waals surface area contributed by atoms with E-state index in [9.17, 15) is 0 Å². The van der Waals surface area contributed by atoms with Crippen molar-refractivity contribution in [3.63, 3.8) is 0 Å². The molecule has 2 aromatic rings. The van der Waals surface area contributed by atoms with E-state index in [0.29, 0.717) is 23.8 Å². The molecule has 1 aromatic heterocycles. The molecule has 0 aliphatic heterocycles. The molecule has 21 heavy (non-hydrogen) atoms. The van der Waals surface area contributed by atoms with Crippen LogP contribution in [0.4, 0.5) is 0 Å². The van der Waals surface area contributed by atoms with Crippen molar-refractivity contribution >= 4 is 5.71 Å². The maximum atomic E-state index is 8.80. The minimum Gasteiger partial charge on any atom is -0.493 e. The molecule has 0 spiro atoms. The number of methoxy groups -OCH3 is 1. The molecule has 1 N–H and O–H groups in total. The topological polar surface area (TPSA) is 63.9 Å². The maximum absolute atomic E-state index is 8.80. The largest absolute Gasteiger partial charge is 0.493 e. The maximum Gasteiger partial charge on any atom is 0.161 e. The van der Waals surface area contributed by atoms with E-state index in [1.54, 1.807) is 32.5 Å². The summed E-state index contributed by atoms with van der Waals surface area (Å²) >= 11 is 0. The van der Waals surface area contributed by atoms with Gasteiger partial charge in [-0.05, 0) is 42.8 Å². The summed E-state index contributed by atoms with van der Waals surface area (Å²) in [4.78, 5) is 3.98. The summed E-state index contributed by atoms with van der Waals surface area (Å²) in [6.45, 7) is 2.27. The van der Waals surface area contributed by atoms with Gasteiger partial charge in [-0.2, -0.15) is 0 Å². The number of ether oxygens (including phenoxy) is 2. The molecule has 0 saturated carbocycles. The van der Waals surface area contributed by atoms with Crippen molar-refractivity contribution in [3.8, 4) is 11.5 Å². The lowest BCUT2D eigenvalue weighted by atomic mass is 10.1. The highest BCUT2D eigenvalue weighted by molar-refractivity contribution is 5.98. The highest BCUT2D eigenvalue weighted by Crippen LogP contribution is 2.28. The molecule has 5 nitrogen and oxygen atoms in total. The minimum atomic E-state index is 0.525. The summed E-state index contributed by atoms with van der Waals surface area (Å²) in [7, 11) is 1.58. The van der Waals surface area contributed by atoms with Crippen molar-refractivity contribution in [2.24, 2.45) is 5.16 Å². The van der Waals surface area contributed by atoms with Crippen molar-refractivity contribution in [1.29, 1.82) is 0 Å². The van der Waals surface area contributed by atoms with E-state index in [2.05, 4.69) is 10.1 Å². The minimum absolute atomic E-state index is 0.525. The monoisotopic (exact) mass is 286 g/mol. The second kappa shape index (κ2) is 7.28. The van der Waals surface area contributed by atoms with E-state index in [0.717, 1.165) is 12.0 Å². The first-order chi connectivity index (χ1) is 10.2. The van der Waals surface area contributed by atoms with Crippen molar-refractivity contribution in [2.75, 3.05) is 13.7 Å². The van der Waals surface area contributed by atoms with Crippen LogP contribution in [0.25, 0.3) is 0 Å². The number of benzene rings is 1. The van der Waals surface area contributed by atoms with E-state index in [4.69, 9.17) is 14.7 Å². The van der Waals surface area contributed by atoms with Crippen LogP contribution in [0.2, 0.25) is 0 Å². The van der Waals surface area contributed by atoms with Crippen LogP contribution in [-0.4, -0.2) is 29.6 Å². The Morgan fingerprint density at radius 2 is 1.95 bits per heavy atom. The van der Waals surface area contributed by atoms with Crippen LogP contribution < -0.4 is 9.47 Å². The Hall–Kier alpha value is -2.56. The van der Waals surface area contributed by atoms with Gasteiger partial charge in [0.15, 0.2) is 11.5 Å². The quantitative estimate of drug-likeness (QED) is 0.504. The molecule has 0 unspecified atom stereocenters. The molecule has 0 fully saturated rings. The molecule has 5 heteroatoms. The van der Waals surface area contributed by atoms with E-state index in [1.807, 2.05) is 24.3 Å². The van der Waals surface area contributed by atoms with Gasteiger partial charge in [-0.25, -0.2) is 0 Å². The molecular formula is C16H18N2O3. The zero-order valence-corrected chi connectivity index (χ0v) is 12.1. The van der Waals surface area contributed by atoms with Crippen LogP contribution in [0, 0.1) is 0 Å². The second-order valence-electron chi connectivity index (χ2n) is 4.50. The van der Waals surface area contributed by atoms with Crippen molar-refractivity contribution in [3.05, 3.63) is 53.9 Å². The molecule has 0 saturated heterocycles. The Morgan fingerprint density at radius 3 is 2.62 bits per heavy atom. The van der Waals surface area contributed by atoms with Gasteiger partial charge in [0.1, 0.15) is 0 Å². The fourth-order valence-electron chi connectivity index (χ4n) is 1.90. The predicted octanol–water partition coefficient (Wildman–Crippen LogP) is 2.91. The van der Waals surface area contributed by atoms with Gasteiger partial charge in [0.05, 0.1) is 19.4 Å². The number of nitrogens with zero attached hydrogens (tertiary/aromatic N) is 2. The van der Waals surface area contributed by atoms with Gasteiger partial charge < -0.3 is 14.7 Å². The third-order valence-electron chi connectivity index (χ3n) is 3.13. The molecule has 2 rings (SSSR count). The highest BCUT2D eigenvalue weighted by Gasteiger charge is 2.08. The van der Waals surface area contributed by atoms with Crippen LogP contribution in [-0.2, 0) is 6.42 Å². The van der Waals surface area contributed by atoms with Gasteiger partial charge >= 0.3 is 0 Å². The van der Waals surface area contributed by atoms with Crippen LogP contribution in [0.1, 0.15) is 18.1 Å². The average molecular weight is 286 g/mol. The summed E-state index contributed by atoms with van der Waals surface area (Å²) in [5.41, 5.74) is 2.48. The zero-order valence-electron chi connectivity index (χ0n) is 12.1. The lowest BCUT2D eigenvalue weighted by Crippen LogP contribution is -2.04. The first kappa shape index (κ1) is 14.8. The average Bonchev–Trinajstić information content (AvgIpc) is 2.55. The summed E-state index contributed by atoms with van der Waals surface area (Å²) in [6.07, 6.45) is 4.33. The molecule has 0 amide bonds. The number of rotatable bonds is 6.